The molecule has 3 aromatic rings. The first-order valence-electron chi connectivity index (χ1n) is 10.4. The smallest absolute Gasteiger partial charge is 0.269 e. The van der Waals surface area contributed by atoms with Gasteiger partial charge in [-0.2, -0.15) is 9.49 Å². The Morgan fingerprint density at radius 1 is 1.29 bits per heavy atom. The molecule has 2 unspecified atom stereocenters. The Hall–Kier alpha value is -3.27. The lowest BCUT2D eigenvalue weighted by Gasteiger charge is -2.41. The fraction of sp³-hybridized carbons (Fsp3) is 0.429. The van der Waals surface area contributed by atoms with Crippen molar-refractivity contribution < 1.29 is 9.18 Å². The van der Waals surface area contributed by atoms with Crippen LogP contribution in [0.4, 0.5) is 10.1 Å². The second-order valence-electron chi connectivity index (χ2n) is 8.28. The Kier molecular flexibility index (Phi) is 4.73. The predicted octanol–water partition coefficient (Wildman–Crippen LogP) is 1.08. The van der Waals surface area contributed by atoms with E-state index in [2.05, 4.69) is 25.3 Å². The van der Waals surface area contributed by atoms with Crippen LogP contribution in [0.5, 0.6) is 0 Å². The molecule has 5 rings (SSSR count). The van der Waals surface area contributed by atoms with Crippen molar-refractivity contribution in [1.82, 2.24) is 29.8 Å². The number of halogens is 1. The number of carbonyl (C=O) groups excluding carboxylic acids is 1. The average Bonchev–Trinajstić information content (AvgIpc) is 3.22. The van der Waals surface area contributed by atoms with Gasteiger partial charge < -0.3 is 15.2 Å². The number of rotatable bonds is 4. The van der Waals surface area contributed by atoms with Crippen LogP contribution >= 0.6 is 0 Å². The van der Waals surface area contributed by atoms with Crippen LogP contribution in [0.25, 0.3) is 5.65 Å². The predicted molar refractivity (Wildman–Crippen MR) is 113 cm³/mol. The number of hydrogen-bond acceptors (Lipinski definition) is 6. The summed E-state index contributed by atoms with van der Waals surface area (Å²) in [6.07, 6.45) is 3.81. The highest BCUT2D eigenvalue weighted by molar-refractivity contribution is 5.92. The number of amides is 1. The van der Waals surface area contributed by atoms with E-state index in [1.54, 1.807) is 29.8 Å². The first kappa shape index (κ1) is 19.7. The van der Waals surface area contributed by atoms with E-state index in [9.17, 15) is 14.0 Å². The molecule has 3 aromatic heterocycles. The molecule has 2 aliphatic rings. The lowest BCUT2D eigenvalue weighted by molar-refractivity contribution is 0.0957. The summed E-state index contributed by atoms with van der Waals surface area (Å²) in [6, 6.07) is 5.67. The molecule has 2 N–H and O–H groups in total. The number of aryl methyl sites for hydroxylation is 1. The molecule has 9 nitrogen and oxygen atoms in total. The summed E-state index contributed by atoms with van der Waals surface area (Å²) in [4.78, 5) is 34.7. The highest BCUT2D eigenvalue weighted by Gasteiger charge is 2.40. The van der Waals surface area contributed by atoms with Crippen molar-refractivity contribution in [2.24, 2.45) is 0 Å². The molecule has 2 bridgehead atoms. The maximum absolute atomic E-state index is 14.6. The topological polar surface area (TPSA) is 98.6 Å². The highest BCUT2D eigenvalue weighted by atomic mass is 19.1. The molecule has 10 heteroatoms. The number of aromatic nitrogens is 4. The van der Waals surface area contributed by atoms with Crippen molar-refractivity contribution in [1.29, 1.82) is 0 Å². The van der Waals surface area contributed by atoms with Crippen LogP contribution in [-0.4, -0.2) is 62.6 Å². The zero-order chi connectivity index (χ0) is 21.7. The number of nitrogens with one attached hydrogen (secondary N) is 2. The fourth-order valence-electron chi connectivity index (χ4n) is 4.72. The van der Waals surface area contributed by atoms with E-state index in [0.717, 1.165) is 18.5 Å². The molecule has 2 aliphatic heterocycles. The second-order valence-corrected chi connectivity index (χ2v) is 8.28. The molecule has 1 amide bonds. The fourth-order valence-corrected chi connectivity index (χ4v) is 4.72. The number of fused-ring (bicyclic) bond motifs is 3. The Morgan fingerprint density at radius 2 is 2.03 bits per heavy atom. The first-order chi connectivity index (χ1) is 14.9. The normalized spacial score (nSPS) is 21.1. The standard InChI is InChI=1S/C21H24FN7O2/c1-12-8-29-18(25-20(12)30)7-13(26-29)9-28-14-3-4-15(28)11-27(10-14)17-6-5-16(21(31)23-2)24-19(17)22/h5-8,14-15H,3-4,9-11H2,1-2H3,(H,23,31)(H,25,30). The lowest BCUT2D eigenvalue weighted by Crippen LogP contribution is -2.53. The maximum Gasteiger partial charge on any atom is 0.269 e. The molecule has 162 valence electrons. The molecule has 0 spiro atoms. The van der Waals surface area contributed by atoms with Gasteiger partial charge in [-0.1, -0.05) is 0 Å². The van der Waals surface area contributed by atoms with E-state index in [1.165, 1.54) is 7.05 Å². The number of aromatic amines is 1. The van der Waals surface area contributed by atoms with Crippen LogP contribution in [0.15, 0.2) is 29.2 Å². The summed E-state index contributed by atoms with van der Waals surface area (Å²) >= 11 is 0. The third-order valence-corrected chi connectivity index (χ3v) is 6.31. The summed E-state index contributed by atoms with van der Waals surface area (Å²) in [6.45, 7) is 3.83. The van der Waals surface area contributed by atoms with Gasteiger partial charge in [0.25, 0.3) is 11.5 Å². The maximum atomic E-state index is 14.6. The number of anilines is 1. The Labute approximate surface area is 177 Å². The number of carbonyl (C=O) groups is 1. The molecular formula is C21H24FN7O2. The van der Waals surface area contributed by atoms with E-state index in [0.29, 0.717) is 36.5 Å². The van der Waals surface area contributed by atoms with Crippen molar-refractivity contribution >= 4 is 17.2 Å². The molecule has 2 atom stereocenters. The SMILES string of the molecule is CNC(=O)c1ccc(N2CC3CCC(C2)N3Cc2cc3[nH]c(=O)c(C)cn3n2)c(F)n1. The summed E-state index contributed by atoms with van der Waals surface area (Å²) in [7, 11) is 1.49. The van der Waals surface area contributed by atoms with Crippen LogP contribution in [0.1, 0.15) is 34.6 Å². The number of piperazine rings is 1. The van der Waals surface area contributed by atoms with Gasteiger partial charge in [0.05, 0.1) is 11.4 Å². The molecule has 0 radical (unpaired) electrons. The quantitative estimate of drug-likeness (QED) is 0.607. The van der Waals surface area contributed by atoms with Gasteiger partial charge >= 0.3 is 0 Å². The molecule has 31 heavy (non-hydrogen) atoms. The molecular weight excluding hydrogens is 401 g/mol. The lowest BCUT2D eigenvalue weighted by atomic mass is 10.1. The Balaban J connectivity index is 1.33. The minimum absolute atomic E-state index is 0.0745. The van der Waals surface area contributed by atoms with Crippen molar-refractivity contribution in [3.63, 3.8) is 0 Å². The summed E-state index contributed by atoms with van der Waals surface area (Å²) < 4.78 is 16.4. The summed E-state index contributed by atoms with van der Waals surface area (Å²) in [5.41, 5.74) is 2.60. The van der Waals surface area contributed by atoms with Gasteiger partial charge in [0, 0.05) is 56.6 Å². The van der Waals surface area contributed by atoms with Gasteiger partial charge in [-0.15, -0.1) is 0 Å². The minimum atomic E-state index is -0.617. The third kappa shape index (κ3) is 3.46. The Morgan fingerprint density at radius 3 is 2.71 bits per heavy atom. The number of H-pyrrole nitrogens is 1. The zero-order valence-corrected chi connectivity index (χ0v) is 17.4. The highest BCUT2D eigenvalue weighted by Crippen LogP contribution is 2.34. The van der Waals surface area contributed by atoms with E-state index < -0.39 is 11.9 Å². The molecule has 5 heterocycles. The first-order valence-corrected chi connectivity index (χ1v) is 10.4. The molecule has 2 saturated heterocycles. The van der Waals surface area contributed by atoms with Crippen LogP contribution in [0.3, 0.4) is 0 Å². The van der Waals surface area contributed by atoms with Crippen molar-refractivity contribution in [2.45, 2.75) is 38.4 Å². The van der Waals surface area contributed by atoms with E-state index in [4.69, 9.17) is 0 Å². The summed E-state index contributed by atoms with van der Waals surface area (Å²) in [5, 5.41) is 7.08. The van der Waals surface area contributed by atoms with Gasteiger partial charge in [0.15, 0.2) is 0 Å². The van der Waals surface area contributed by atoms with Crippen LogP contribution in [-0.2, 0) is 6.54 Å². The van der Waals surface area contributed by atoms with Gasteiger partial charge in [0.1, 0.15) is 11.3 Å². The Bertz CT molecular complexity index is 1210. The van der Waals surface area contributed by atoms with Gasteiger partial charge in [-0.25, -0.2) is 9.50 Å². The van der Waals surface area contributed by atoms with Crippen molar-refractivity contribution in [3.05, 3.63) is 57.6 Å². The van der Waals surface area contributed by atoms with E-state index in [1.807, 2.05) is 11.0 Å². The largest absolute Gasteiger partial charge is 0.365 e. The van der Waals surface area contributed by atoms with Crippen molar-refractivity contribution in [2.75, 3.05) is 25.0 Å². The minimum Gasteiger partial charge on any atom is -0.365 e. The molecule has 0 aliphatic carbocycles. The van der Waals surface area contributed by atoms with E-state index in [-0.39, 0.29) is 23.3 Å². The van der Waals surface area contributed by atoms with Crippen molar-refractivity contribution in [3.8, 4) is 0 Å². The average molecular weight is 425 g/mol. The van der Waals surface area contributed by atoms with Crippen LogP contribution in [0.2, 0.25) is 0 Å². The van der Waals surface area contributed by atoms with E-state index >= 15 is 0 Å². The second kappa shape index (κ2) is 7.45. The van der Waals surface area contributed by atoms with Gasteiger partial charge in [0.2, 0.25) is 5.95 Å². The third-order valence-electron chi connectivity index (χ3n) is 6.31. The monoisotopic (exact) mass is 425 g/mol. The molecule has 0 saturated carbocycles. The summed E-state index contributed by atoms with van der Waals surface area (Å²) in [5.74, 6) is -1.02. The van der Waals surface area contributed by atoms with Crippen LogP contribution < -0.4 is 15.8 Å². The van der Waals surface area contributed by atoms with Gasteiger partial charge in [-0.3, -0.25) is 14.5 Å². The zero-order valence-electron chi connectivity index (χ0n) is 17.4. The number of nitrogens with zero attached hydrogens (tertiary/aromatic N) is 5. The molecule has 2 fully saturated rings. The number of hydrogen-bond donors (Lipinski definition) is 2. The van der Waals surface area contributed by atoms with Crippen LogP contribution in [0, 0.1) is 12.9 Å². The number of pyridine rings is 1. The van der Waals surface area contributed by atoms with Gasteiger partial charge in [-0.05, 0) is 31.9 Å². The molecule has 0 aromatic carbocycles.